The van der Waals surface area contributed by atoms with Gasteiger partial charge < -0.3 is 14.6 Å². The molecule has 2 aromatic rings. The fourth-order valence-electron chi connectivity index (χ4n) is 2.06. The van der Waals surface area contributed by atoms with E-state index in [1.165, 1.54) is 6.20 Å². The lowest BCUT2D eigenvalue weighted by Gasteiger charge is -2.13. The van der Waals surface area contributed by atoms with Gasteiger partial charge in [-0.15, -0.1) is 0 Å². The van der Waals surface area contributed by atoms with E-state index >= 15 is 0 Å². The number of aryl methyl sites for hydroxylation is 1. The molecule has 1 heterocycles. The molecule has 0 saturated heterocycles. The molecule has 0 amide bonds. The maximum Gasteiger partial charge on any atom is 0.339 e. The number of aromatic nitrogens is 2. The largest absolute Gasteiger partial charge is 0.493 e. The monoisotopic (exact) mass is 276 g/mol. The van der Waals surface area contributed by atoms with Gasteiger partial charge in [0.05, 0.1) is 31.8 Å². The van der Waals surface area contributed by atoms with Crippen LogP contribution in [0.5, 0.6) is 11.5 Å². The van der Waals surface area contributed by atoms with Gasteiger partial charge >= 0.3 is 5.97 Å². The Labute approximate surface area is 116 Å². The first-order valence-electron chi connectivity index (χ1n) is 6.00. The number of carboxylic acids is 1. The van der Waals surface area contributed by atoms with Crippen LogP contribution >= 0.6 is 0 Å². The van der Waals surface area contributed by atoms with Gasteiger partial charge in [0.15, 0.2) is 11.5 Å². The predicted octanol–water partition coefficient (Wildman–Crippen LogP) is 2.20. The summed E-state index contributed by atoms with van der Waals surface area (Å²) in [6, 6.07) is 3.61. The Hall–Kier alpha value is -2.50. The molecule has 0 atom stereocenters. The number of methoxy groups -OCH3 is 2. The highest BCUT2D eigenvalue weighted by atomic mass is 16.5. The van der Waals surface area contributed by atoms with Crippen LogP contribution in [0.4, 0.5) is 0 Å². The Balaban J connectivity index is 2.61. The number of hydrogen-bond acceptors (Lipinski definition) is 4. The molecule has 20 heavy (non-hydrogen) atoms. The van der Waals surface area contributed by atoms with Gasteiger partial charge in [-0.25, -0.2) is 9.48 Å². The van der Waals surface area contributed by atoms with E-state index in [1.54, 1.807) is 31.9 Å². The Morgan fingerprint density at radius 1 is 1.20 bits per heavy atom. The number of carboxylic acid groups (broad SMARTS) is 1. The van der Waals surface area contributed by atoms with Crippen LogP contribution in [0.1, 0.15) is 21.6 Å². The first-order valence-corrected chi connectivity index (χ1v) is 6.00. The van der Waals surface area contributed by atoms with E-state index in [4.69, 9.17) is 14.6 Å². The summed E-state index contributed by atoms with van der Waals surface area (Å²) in [7, 11) is 3.12. The highest BCUT2D eigenvalue weighted by Gasteiger charge is 2.17. The number of ether oxygens (including phenoxy) is 2. The van der Waals surface area contributed by atoms with Gasteiger partial charge in [-0.3, -0.25) is 0 Å². The van der Waals surface area contributed by atoms with Crippen molar-refractivity contribution in [3.63, 3.8) is 0 Å². The standard InChI is InChI=1S/C14H16N2O4/c1-8-5-12(19-3)13(20-4)6-11(8)16-9(2)10(7-15-16)14(17)18/h5-7H,1-4H3,(H,17,18). The molecule has 1 aromatic heterocycles. The summed E-state index contributed by atoms with van der Waals surface area (Å²) in [6.45, 7) is 3.62. The van der Waals surface area contributed by atoms with Crippen molar-refractivity contribution in [3.8, 4) is 17.2 Å². The smallest absolute Gasteiger partial charge is 0.339 e. The molecule has 106 valence electrons. The summed E-state index contributed by atoms with van der Waals surface area (Å²) in [5.41, 5.74) is 2.41. The molecule has 0 saturated carbocycles. The molecular formula is C14H16N2O4. The average Bonchev–Trinajstić information content (AvgIpc) is 2.80. The Bertz CT molecular complexity index is 661. The molecule has 0 unspecified atom stereocenters. The zero-order chi connectivity index (χ0) is 14.9. The first-order chi connectivity index (χ1) is 9.49. The molecule has 2 rings (SSSR count). The maximum atomic E-state index is 11.1. The van der Waals surface area contributed by atoms with E-state index < -0.39 is 5.97 Å². The van der Waals surface area contributed by atoms with Crippen molar-refractivity contribution < 1.29 is 19.4 Å². The van der Waals surface area contributed by atoms with E-state index in [-0.39, 0.29) is 5.56 Å². The SMILES string of the molecule is COc1cc(C)c(-n2ncc(C(=O)O)c2C)cc1OC. The molecule has 6 heteroatoms. The van der Waals surface area contributed by atoms with Crippen LogP contribution < -0.4 is 9.47 Å². The van der Waals surface area contributed by atoms with Crippen LogP contribution in [0, 0.1) is 13.8 Å². The summed E-state index contributed by atoms with van der Waals surface area (Å²) >= 11 is 0. The minimum absolute atomic E-state index is 0.180. The summed E-state index contributed by atoms with van der Waals surface area (Å²) in [5, 5.41) is 13.2. The van der Waals surface area contributed by atoms with Crippen molar-refractivity contribution in [2.75, 3.05) is 14.2 Å². The second-order valence-corrected chi connectivity index (χ2v) is 4.35. The van der Waals surface area contributed by atoms with Crippen molar-refractivity contribution in [1.82, 2.24) is 9.78 Å². The maximum absolute atomic E-state index is 11.1. The third kappa shape index (κ3) is 2.20. The molecule has 6 nitrogen and oxygen atoms in total. The van der Waals surface area contributed by atoms with Crippen LogP contribution in [0.3, 0.4) is 0 Å². The highest BCUT2D eigenvalue weighted by molar-refractivity contribution is 5.88. The normalized spacial score (nSPS) is 10.4. The molecule has 0 fully saturated rings. The first kappa shape index (κ1) is 13.9. The topological polar surface area (TPSA) is 73.6 Å². The highest BCUT2D eigenvalue weighted by Crippen LogP contribution is 2.32. The molecule has 0 radical (unpaired) electrons. The summed E-state index contributed by atoms with van der Waals surface area (Å²) in [4.78, 5) is 11.1. The number of rotatable bonds is 4. The quantitative estimate of drug-likeness (QED) is 0.926. The third-order valence-corrected chi connectivity index (χ3v) is 3.17. The molecule has 1 aromatic carbocycles. The van der Waals surface area contributed by atoms with Crippen molar-refractivity contribution in [3.05, 3.63) is 35.2 Å². The third-order valence-electron chi connectivity index (χ3n) is 3.17. The summed E-state index contributed by atoms with van der Waals surface area (Å²) < 4.78 is 12.1. The van der Waals surface area contributed by atoms with E-state index in [0.717, 1.165) is 11.3 Å². The second-order valence-electron chi connectivity index (χ2n) is 4.35. The number of hydrogen-bond donors (Lipinski definition) is 1. The van der Waals surface area contributed by atoms with Gasteiger partial charge in [-0.05, 0) is 25.5 Å². The van der Waals surface area contributed by atoms with E-state index in [9.17, 15) is 4.79 Å². The lowest BCUT2D eigenvalue weighted by molar-refractivity contribution is 0.0696. The zero-order valence-corrected chi connectivity index (χ0v) is 11.8. The Kier molecular flexibility index (Phi) is 3.65. The van der Waals surface area contributed by atoms with Gasteiger partial charge in [0, 0.05) is 6.07 Å². The van der Waals surface area contributed by atoms with Crippen LogP contribution in [0.15, 0.2) is 18.3 Å². The van der Waals surface area contributed by atoms with E-state index in [2.05, 4.69) is 5.10 Å². The van der Waals surface area contributed by atoms with E-state index in [0.29, 0.717) is 17.2 Å². The Morgan fingerprint density at radius 3 is 2.30 bits per heavy atom. The van der Waals surface area contributed by atoms with Crippen LogP contribution in [0.2, 0.25) is 0 Å². The summed E-state index contributed by atoms with van der Waals surface area (Å²) in [6.07, 6.45) is 1.34. The minimum atomic E-state index is -0.994. The number of aromatic carboxylic acids is 1. The van der Waals surface area contributed by atoms with Gasteiger partial charge in [-0.2, -0.15) is 5.10 Å². The zero-order valence-electron chi connectivity index (χ0n) is 11.8. The molecule has 0 aliphatic rings. The van der Waals surface area contributed by atoms with Gasteiger partial charge in [0.25, 0.3) is 0 Å². The second kappa shape index (κ2) is 5.24. The van der Waals surface area contributed by atoms with Crippen LogP contribution in [-0.2, 0) is 0 Å². The molecular weight excluding hydrogens is 260 g/mol. The molecule has 0 spiro atoms. The number of nitrogens with zero attached hydrogens (tertiary/aromatic N) is 2. The molecule has 0 bridgehead atoms. The van der Waals surface area contributed by atoms with Crippen molar-refractivity contribution >= 4 is 5.97 Å². The fraction of sp³-hybridized carbons (Fsp3) is 0.286. The Morgan fingerprint density at radius 2 is 1.80 bits per heavy atom. The van der Waals surface area contributed by atoms with E-state index in [1.807, 2.05) is 13.0 Å². The number of benzene rings is 1. The average molecular weight is 276 g/mol. The predicted molar refractivity (Wildman–Crippen MR) is 73.1 cm³/mol. The van der Waals surface area contributed by atoms with Gasteiger partial charge in [0.1, 0.15) is 5.56 Å². The fourth-order valence-corrected chi connectivity index (χ4v) is 2.06. The molecule has 1 N–H and O–H groups in total. The van der Waals surface area contributed by atoms with Crippen molar-refractivity contribution in [2.45, 2.75) is 13.8 Å². The van der Waals surface area contributed by atoms with Gasteiger partial charge in [0.2, 0.25) is 0 Å². The summed E-state index contributed by atoms with van der Waals surface area (Å²) in [5.74, 6) is 0.198. The molecule has 0 aliphatic carbocycles. The van der Waals surface area contributed by atoms with Crippen molar-refractivity contribution in [1.29, 1.82) is 0 Å². The molecule has 0 aliphatic heterocycles. The van der Waals surface area contributed by atoms with Crippen molar-refractivity contribution in [2.24, 2.45) is 0 Å². The number of carbonyl (C=O) groups is 1. The lowest BCUT2D eigenvalue weighted by Crippen LogP contribution is -2.05. The van der Waals surface area contributed by atoms with Crippen LogP contribution in [-0.4, -0.2) is 35.1 Å². The minimum Gasteiger partial charge on any atom is -0.493 e. The van der Waals surface area contributed by atoms with Gasteiger partial charge in [-0.1, -0.05) is 0 Å². The lowest BCUT2D eigenvalue weighted by atomic mass is 10.1. The van der Waals surface area contributed by atoms with Crippen LogP contribution in [0.25, 0.3) is 5.69 Å².